The van der Waals surface area contributed by atoms with Crippen LogP contribution >= 0.6 is 0 Å². The van der Waals surface area contributed by atoms with E-state index < -0.39 is 6.10 Å². The van der Waals surface area contributed by atoms with Gasteiger partial charge in [0.2, 0.25) is 5.91 Å². The topological polar surface area (TPSA) is 110 Å². The molecule has 2 saturated heterocycles. The molecule has 0 radical (unpaired) electrons. The molecule has 10 heteroatoms. The molecule has 1 unspecified atom stereocenters. The molecule has 5 rings (SSSR count). The van der Waals surface area contributed by atoms with Gasteiger partial charge in [0.05, 0.1) is 19.3 Å². The normalized spacial score (nSPS) is 19.3. The molecule has 2 fully saturated rings. The van der Waals surface area contributed by atoms with Crippen molar-refractivity contribution in [3.63, 3.8) is 0 Å². The van der Waals surface area contributed by atoms with Crippen LogP contribution in [0.25, 0.3) is 0 Å². The predicted octanol–water partition coefficient (Wildman–Crippen LogP) is 1.49. The second-order valence-corrected chi connectivity index (χ2v) is 10.7. The Bertz CT molecular complexity index is 1150. The van der Waals surface area contributed by atoms with Gasteiger partial charge in [0, 0.05) is 70.9 Å². The molecular weight excluding hydrogens is 496 g/mol. The summed E-state index contributed by atoms with van der Waals surface area (Å²) in [6, 6.07) is 12.2. The van der Waals surface area contributed by atoms with E-state index in [2.05, 4.69) is 44.7 Å². The van der Waals surface area contributed by atoms with Gasteiger partial charge in [-0.25, -0.2) is 4.98 Å². The van der Waals surface area contributed by atoms with E-state index in [-0.39, 0.29) is 24.4 Å². The first-order valence-electron chi connectivity index (χ1n) is 14.1. The highest BCUT2D eigenvalue weighted by Gasteiger charge is 2.23. The fourth-order valence-electron chi connectivity index (χ4n) is 5.61. The zero-order chi connectivity index (χ0) is 27.2. The number of nitrogens with zero attached hydrogens (tertiary/aromatic N) is 4. The number of aliphatic hydroxyl groups is 1. The number of β-amino-alcohol motifs (C(OH)–C–C–N with tert-alkyl or cyclic N) is 1. The number of hydrogen-bond acceptors (Lipinski definition) is 8. The van der Waals surface area contributed by atoms with Crippen LogP contribution in [0.1, 0.15) is 41.3 Å². The van der Waals surface area contributed by atoms with Crippen molar-refractivity contribution in [3.05, 3.63) is 53.1 Å². The van der Waals surface area contributed by atoms with E-state index in [1.807, 2.05) is 11.0 Å². The second kappa shape index (κ2) is 12.8. The third-order valence-corrected chi connectivity index (χ3v) is 7.88. The molecule has 2 amide bonds. The molecule has 1 aromatic heterocycles. The summed E-state index contributed by atoms with van der Waals surface area (Å²) in [5.41, 5.74) is 3.19. The summed E-state index contributed by atoms with van der Waals surface area (Å²) in [4.78, 5) is 36.0. The lowest BCUT2D eigenvalue weighted by Crippen LogP contribution is -2.42. The Morgan fingerprint density at radius 3 is 2.56 bits per heavy atom. The zero-order valence-corrected chi connectivity index (χ0v) is 22.8. The smallest absolute Gasteiger partial charge is 0.251 e. The van der Waals surface area contributed by atoms with Crippen LogP contribution in [0.3, 0.4) is 0 Å². The maximum atomic E-state index is 13.2. The van der Waals surface area contributed by atoms with E-state index in [1.165, 1.54) is 11.1 Å². The largest absolute Gasteiger partial charge is 0.390 e. The summed E-state index contributed by atoms with van der Waals surface area (Å²) in [5, 5.41) is 17.1. The van der Waals surface area contributed by atoms with Crippen molar-refractivity contribution in [2.24, 2.45) is 0 Å². The number of aromatic nitrogens is 1. The number of fused-ring (bicyclic) bond motifs is 1. The molecule has 1 atom stereocenters. The molecule has 0 aliphatic carbocycles. The van der Waals surface area contributed by atoms with Gasteiger partial charge in [0.1, 0.15) is 11.6 Å². The highest BCUT2D eigenvalue weighted by molar-refractivity contribution is 5.95. The van der Waals surface area contributed by atoms with E-state index in [0.29, 0.717) is 57.3 Å². The Labute approximate surface area is 230 Å². The van der Waals surface area contributed by atoms with Gasteiger partial charge in [-0.1, -0.05) is 24.3 Å². The molecule has 10 nitrogen and oxygen atoms in total. The number of likely N-dealkylation sites (tertiary alicyclic amines) is 1. The van der Waals surface area contributed by atoms with Crippen molar-refractivity contribution in [2.75, 3.05) is 69.2 Å². The van der Waals surface area contributed by atoms with Crippen molar-refractivity contribution in [1.29, 1.82) is 0 Å². The quantitative estimate of drug-likeness (QED) is 0.466. The van der Waals surface area contributed by atoms with Crippen molar-refractivity contribution in [2.45, 2.75) is 44.9 Å². The van der Waals surface area contributed by atoms with Gasteiger partial charge >= 0.3 is 0 Å². The van der Waals surface area contributed by atoms with Crippen LogP contribution in [0.2, 0.25) is 0 Å². The molecule has 39 heavy (non-hydrogen) atoms. The number of pyridine rings is 1. The van der Waals surface area contributed by atoms with Gasteiger partial charge in [0.15, 0.2) is 0 Å². The predicted molar refractivity (Wildman–Crippen MR) is 150 cm³/mol. The number of hydrogen-bond donors (Lipinski definition) is 3. The number of nitrogens with one attached hydrogen (secondary N) is 2. The number of morpholine rings is 1. The van der Waals surface area contributed by atoms with Crippen LogP contribution < -0.4 is 15.5 Å². The first-order valence-corrected chi connectivity index (χ1v) is 14.1. The van der Waals surface area contributed by atoms with Crippen molar-refractivity contribution in [3.8, 4) is 0 Å². The van der Waals surface area contributed by atoms with E-state index >= 15 is 0 Å². The summed E-state index contributed by atoms with van der Waals surface area (Å²) >= 11 is 0. The molecule has 3 aliphatic heterocycles. The Morgan fingerprint density at radius 2 is 1.82 bits per heavy atom. The third-order valence-electron chi connectivity index (χ3n) is 7.88. The minimum atomic E-state index is -0.663. The Hall–Kier alpha value is -3.21. The fraction of sp³-hybridized carbons (Fsp3) is 0.552. The highest BCUT2D eigenvalue weighted by Crippen LogP contribution is 2.23. The number of ether oxygens (including phenoxy) is 1. The number of amides is 2. The van der Waals surface area contributed by atoms with Gasteiger partial charge in [-0.3, -0.25) is 14.5 Å². The first kappa shape index (κ1) is 27.4. The molecule has 0 spiro atoms. The Balaban J connectivity index is 1.20. The molecule has 1 aromatic carbocycles. The maximum absolute atomic E-state index is 13.2. The SMILES string of the molecule is CC(=O)N1CCC(Nc2cc(C(=O)NCC(O)CN3CCc4ccccc4C3)cc(N3CCOCC3)n2)CC1. The van der Waals surface area contributed by atoms with Crippen LogP contribution in [0.15, 0.2) is 36.4 Å². The number of aliphatic hydroxyl groups excluding tert-OH is 1. The molecule has 2 aromatic rings. The van der Waals surface area contributed by atoms with Gasteiger partial charge < -0.3 is 30.3 Å². The van der Waals surface area contributed by atoms with Crippen LogP contribution in [0.5, 0.6) is 0 Å². The van der Waals surface area contributed by atoms with Crippen LogP contribution in [0.4, 0.5) is 11.6 Å². The van der Waals surface area contributed by atoms with Gasteiger partial charge in [-0.15, -0.1) is 0 Å². The third kappa shape index (κ3) is 7.26. The van der Waals surface area contributed by atoms with Gasteiger partial charge in [-0.2, -0.15) is 0 Å². The minimum Gasteiger partial charge on any atom is -0.390 e. The molecular formula is C29H40N6O4. The summed E-state index contributed by atoms with van der Waals surface area (Å²) in [6.45, 7) is 8.11. The zero-order valence-electron chi connectivity index (χ0n) is 22.8. The molecule has 0 bridgehead atoms. The first-order chi connectivity index (χ1) is 18.9. The Kier molecular flexibility index (Phi) is 8.95. The van der Waals surface area contributed by atoms with Crippen molar-refractivity contribution < 1.29 is 19.4 Å². The molecule has 3 aliphatic rings. The monoisotopic (exact) mass is 536 g/mol. The number of benzene rings is 1. The lowest BCUT2D eigenvalue weighted by molar-refractivity contribution is -0.129. The van der Waals surface area contributed by atoms with Crippen LogP contribution in [-0.2, 0) is 22.5 Å². The van der Waals surface area contributed by atoms with Gasteiger partial charge in [-0.05, 0) is 42.5 Å². The summed E-state index contributed by atoms with van der Waals surface area (Å²) in [7, 11) is 0. The molecule has 0 saturated carbocycles. The average Bonchev–Trinajstić information content (AvgIpc) is 2.96. The number of carbonyl (C=O) groups is 2. The highest BCUT2D eigenvalue weighted by atomic mass is 16.5. The van der Waals surface area contributed by atoms with Crippen molar-refractivity contribution in [1.82, 2.24) is 20.1 Å². The minimum absolute atomic E-state index is 0.104. The lowest BCUT2D eigenvalue weighted by atomic mass is 10.00. The Morgan fingerprint density at radius 1 is 1.08 bits per heavy atom. The van der Waals surface area contributed by atoms with E-state index in [1.54, 1.807) is 13.0 Å². The average molecular weight is 537 g/mol. The maximum Gasteiger partial charge on any atom is 0.251 e. The molecule has 3 N–H and O–H groups in total. The second-order valence-electron chi connectivity index (χ2n) is 10.7. The van der Waals surface area contributed by atoms with E-state index in [9.17, 15) is 14.7 Å². The summed E-state index contributed by atoms with van der Waals surface area (Å²) in [5.74, 6) is 1.26. The van der Waals surface area contributed by atoms with Crippen molar-refractivity contribution >= 4 is 23.5 Å². The molecule has 210 valence electrons. The number of anilines is 2. The number of rotatable bonds is 8. The summed E-state index contributed by atoms with van der Waals surface area (Å²) < 4.78 is 5.50. The van der Waals surface area contributed by atoms with Crippen LogP contribution in [0, 0.1) is 0 Å². The van der Waals surface area contributed by atoms with E-state index in [4.69, 9.17) is 9.72 Å². The fourth-order valence-corrected chi connectivity index (χ4v) is 5.61. The van der Waals surface area contributed by atoms with Gasteiger partial charge in [0.25, 0.3) is 5.91 Å². The number of carbonyl (C=O) groups excluding carboxylic acids is 2. The van der Waals surface area contributed by atoms with Crippen LogP contribution in [-0.4, -0.2) is 103 Å². The lowest BCUT2D eigenvalue weighted by Gasteiger charge is -2.32. The number of piperidine rings is 1. The van der Waals surface area contributed by atoms with E-state index in [0.717, 1.165) is 38.2 Å². The summed E-state index contributed by atoms with van der Waals surface area (Å²) in [6.07, 6.45) is 1.97. The standard InChI is InChI=1S/C29H40N6O4/c1-21(36)34-10-7-25(8-11-34)31-27-16-24(17-28(32-27)35-12-14-39-15-13-35)29(38)30-18-26(37)20-33-9-6-22-4-2-3-5-23(22)19-33/h2-5,16-17,25-26,37H,6-15,18-20H2,1H3,(H,30,38)(H,31,32). The molecule has 4 heterocycles.